The van der Waals surface area contributed by atoms with E-state index in [0.29, 0.717) is 6.54 Å². The Morgan fingerprint density at radius 2 is 2.23 bits per heavy atom. The van der Waals surface area contributed by atoms with Crippen molar-refractivity contribution in [1.29, 1.82) is 0 Å². The molecule has 3 heteroatoms. The lowest BCUT2D eigenvalue weighted by atomic mass is 9.95. The van der Waals surface area contributed by atoms with E-state index in [1.165, 1.54) is 11.1 Å². The predicted octanol–water partition coefficient (Wildman–Crippen LogP) is 1.08. The van der Waals surface area contributed by atoms with E-state index in [1.54, 1.807) is 11.8 Å². The second kappa shape index (κ2) is 3.33. The first-order chi connectivity index (χ1) is 6.32. The maximum atomic E-state index is 9.36. The molecule has 1 atom stereocenters. The lowest BCUT2D eigenvalue weighted by Crippen LogP contribution is -2.33. The molecule has 1 heterocycles. The minimum atomic E-state index is -0.239. The van der Waals surface area contributed by atoms with Gasteiger partial charge in [-0.1, -0.05) is 24.3 Å². The largest absolute Gasteiger partial charge is 0.395 e. The van der Waals surface area contributed by atoms with E-state index in [2.05, 4.69) is 12.1 Å². The average Bonchev–Trinajstić information content (AvgIpc) is 2.58. The van der Waals surface area contributed by atoms with Crippen LogP contribution >= 0.6 is 11.8 Å². The van der Waals surface area contributed by atoms with Crippen molar-refractivity contribution < 1.29 is 5.11 Å². The summed E-state index contributed by atoms with van der Waals surface area (Å²) in [5, 5.41) is 9.36. The molecule has 0 radical (unpaired) electrons. The minimum absolute atomic E-state index is 0.130. The molecular formula is C10H13NOS. The van der Waals surface area contributed by atoms with Gasteiger partial charge in [0.2, 0.25) is 0 Å². The van der Waals surface area contributed by atoms with Gasteiger partial charge in [0.1, 0.15) is 0 Å². The number of aliphatic hydroxyl groups is 1. The zero-order valence-corrected chi connectivity index (χ0v) is 8.18. The van der Waals surface area contributed by atoms with Crippen molar-refractivity contribution in [2.45, 2.75) is 10.5 Å². The number of fused-ring (bicyclic) bond motifs is 1. The van der Waals surface area contributed by atoms with Crippen LogP contribution in [0.15, 0.2) is 24.3 Å². The van der Waals surface area contributed by atoms with Gasteiger partial charge in [0, 0.05) is 12.3 Å². The highest BCUT2D eigenvalue weighted by atomic mass is 32.2. The predicted molar refractivity (Wildman–Crippen MR) is 55.6 cm³/mol. The van der Waals surface area contributed by atoms with Crippen molar-refractivity contribution in [3.63, 3.8) is 0 Å². The first kappa shape index (κ1) is 9.06. The molecule has 1 aromatic rings. The van der Waals surface area contributed by atoms with Crippen molar-refractivity contribution in [2.75, 3.05) is 13.2 Å². The van der Waals surface area contributed by atoms with Crippen molar-refractivity contribution in [3.05, 3.63) is 35.4 Å². The maximum absolute atomic E-state index is 9.36. The van der Waals surface area contributed by atoms with Crippen molar-refractivity contribution in [2.24, 2.45) is 5.73 Å². The average molecular weight is 195 g/mol. The van der Waals surface area contributed by atoms with Crippen molar-refractivity contribution >= 4 is 11.8 Å². The lowest BCUT2D eigenvalue weighted by Gasteiger charge is -2.24. The van der Waals surface area contributed by atoms with E-state index in [0.717, 1.165) is 5.75 Å². The first-order valence-corrected chi connectivity index (χ1v) is 5.34. The van der Waals surface area contributed by atoms with Gasteiger partial charge in [-0.05, 0) is 11.1 Å². The zero-order valence-electron chi connectivity index (χ0n) is 7.36. The molecule has 1 unspecified atom stereocenters. The van der Waals surface area contributed by atoms with Gasteiger partial charge in [0.05, 0.1) is 11.4 Å². The van der Waals surface area contributed by atoms with Gasteiger partial charge in [0.25, 0.3) is 0 Å². The molecule has 1 aliphatic heterocycles. The molecule has 70 valence electrons. The van der Waals surface area contributed by atoms with E-state index in [1.807, 2.05) is 12.1 Å². The fourth-order valence-electron chi connectivity index (χ4n) is 1.75. The lowest BCUT2D eigenvalue weighted by molar-refractivity contribution is 0.253. The molecule has 0 saturated carbocycles. The van der Waals surface area contributed by atoms with Crippen LogP contribution in [0.4, 0.5) is 0 Å². The number of nitrogens with two attached hydrogens (primary N) is 1. The molecule has 13 heavy (non-hydrogen) atoms. The Hall–Kier alpha value is -0.510. The fourth-order valence-corrected chi connectivity index (χ4v) is 3.00. The Labute approximate surface area is 82.1 Å². The summed E-state index contributed by atoms with van der Waals surface area (Å²) in [6.07, 6.45) is 0. The summed E-state index contributed by atoms with van der Waals surface area (Å²) in [5.74, 6) is 0.966. The van der Waals surface area contributed by atoms with Crippen LogP contribution in [0.5, 0.6) is 0 Å². The molecule has 0 saturated heterocycles. The van der Waals surface area contributed by atoms with Crippen LogP contribution in [0.25, 0.3) is 0 Å². The van der Waals surface area contributed by atoms with E-state index < -0.39 is 0 Å². The third kappa shape index (κ3) is 1.27. The zero-order chi connectivity index (χ0) is 9.31. The molecule has 1 aromatic carbocycles. The third-order valence-electron chi connectivity index (χ3n) is 2.60. The number of benzene rings is 1. The molecule has 0 fully saturated rings. The molecule has 3 N–H and O–H groups in total. The van der Waals surface area contributed by atoms with Gasteiger partial charge in [0.15, 0.2) is 0 Å². The number of hydrogen-bond donors (Lipinski definition) is 2. The second-order valence-corrected chi connectivity index (χ2v) is 4.66. The van der Waals surface area contributed by atoms with Crippen LogP contribution in [0, 0.1) is 0 Å². The second-order valence-electron chi connectivity index (χ2n) is 3.30. The number of thioether (sulfide) groups is 1. The first-order valence-electron chi connectivity index (χ1n) is 4.36. The Morgan fingerprint density at radius 3 is 2.92 bits per heavy atom. The van der Waals surface area contributed by atoms with Gasteiger partial charge in [-0.25, -0.2) is 0 Å². The summed E-state index contributed by atoms with van der Waals surface area (Å²) >= 11 is 1.74. The quantitative estimate of drug-likeness (QED) is 0.742. The van der Waals surface area contributed by atoms with Crippen molar-refractivity contribution in [1.82, 2.24) is 0 Å². The number of rotatable bonds is 2. The molecule has 1 aliphatic rings. The number of hydrogen-bond acceptors (Lipinski definition) is 3. The van der Waals surface area contributed by atoms with E-state index in [4.69, 9.17) is 5.73 Å². The van der Waals surface area contributed by atoms with Gasteiger partial charge in [-0.3, -0.25) is 0 Å². The summed E-state index contributed by atoms with van der Waals surface area (Å²) in [6.45, 7) is 0.635. The van der Waals surface area contributed by atoms with Gasteiger partial charge < -0.3 is 10.8 Å². The smallest absolute Gasteiger partial charge is 0.0766 e. The normalized spacial score (nSPS) is 26.0. The third-order valence-corrected chi connectivity index (χ3v) is 4.12. The molecule has 0 spiro atoms. The van der Waals surface area contributed by atoms with Crippen LogP contribution in [0.2, 0.25) is 0 Å². The van der Waals surface area contributed by atoms with Crippen LogP contribution in [0.1, 0.15) is 11.1 Å². The topological polar surface area (TPSA) is 46.2 Å². The summed E-state index contributed by atoms with van der Waals surface area (Å²) in [7, 11) is 0. The van der Waals surface area contributed by atoms with Crippen molar-refractivity contribution in [3.8, 4) is 0 Å². The Balaban J connectivity index is 2.47. The van der Waals surface area contributed by atoms with Crippen LogP contribution in [-0.2, 0) is 10.5 Å². The minimum Gasteiger partial charge on any atom is -0.395 e. The standard InChI is InChI=1S/C10H13NOS/c11-6-10(7-12)9-4-2-1-3-8(9)5-13-10/h1-4,12H,5-7,11H2. The highest BCUT2D eigenvalue weighted by Gasteiger charge is 2.37. The van der Waals surface area contributed by atoms with Gasteiger partial charge in [-0.2, -0.15) is 0 Å². The Kier molecular flexibility index (Phi) is 2.32. The summed E-state index contributed by atoms with van der Waals surface area (Å²) in [4.78, 5) is 0. The highest BCUT2D eigenvalue weighted by Crippen LogP contribution is 2.45. The Morgan fingerprint density at radius 1 is 1.46 bits per heavy atom. The molecule has 0 aliphatic carbocycles. The summed E-state index contributed by atoms with van der Waals surface area (Å²) < 4.78 is -0.239. The SMILES string of the molecule is NCC1(CO)SCc2ccccc21. The van der Waals surface area contributed by atoms with Crippen LogP contribution in [-0.4, -0.2) is 18.3 Å². The molecule has 2 nitrogen and oxygen atoms in total. The molecule has 2 rings (SSSR count). The maximum Gasteiger partial charge on any atom is 0.0766 e. The molecule has 0 amide bonds. The van der Waals surface area contributed by atoms with Crippen LogP contribution in [0.3, 0.4) is 0 Å². The fraction of sp³-hybridized carbons (Fsp3) is 0.400. The summed E-state index contributed by atoms with van der Waals surface area (Å²) in [5.41, 5.74) is 8.24. The molecular weight excluding hydrogens is 182 g/mol. The van der Waals surface area contributed by atoms with Gasteiger partial charge in [-0.15, -0.1) is 11.8 Å². The summed E-state index contributed by atoms with van der Waals surface area (Å²) in [6, 6.07) is 8.21. The number of aliphatic hydroxyl groups excluding tert-OH is 1. The molecule has 0 aromatic heterocycles. The van der Waals surface area contributed by atoms with E-state index in [9.17, 15) is 5.11 Å². The molecule has 0 bridgehead atoms. The van der Waals surface area contributed by atoms with Crippen LogP contribution < -0.4 is 5.73 Å². The Bertz CT molecular complexity index is 310. The van der Waals surface area contributed by atoms with E-state index >= 15 is 0 Å². The highest BCUT2D eigenvalue weighted by molar-refractivity contribution is 7.99. The monoisotopic (exact) mass is 195 g/mol. The van der Waals surface area contributed by atoms with Gasteiger partial charge >= 0.3 is 0 Å². The van der Waals surface area contributed by atoms with E-state index in [-0.39, 0.29) is 11.4 Å².